The smallest absolute Gasteiger partial charge is 0.374 e. The van der Waals surface area contributed by atoms with E-state index in [1.54, 1.807) is 0 Å². The Kier molecular flexibility index (Phi) is 3.22. The van der Waals surface area contributed by atoms with Gasteiger partial charge in [0.2, 0.25) is 5.76 Å². The predicted molar refractivity (Wildman–Crippen MR) is 58.8 cm³/mol. The van der Waals surface area contributed by atoms with Crippen LogP contribution in [0.3, 0.4) is 0 Å². The molecule has 2 saturated heterocycles. The van der Waals surface area contributed by atoms with Gasteiger partial charge in [0.15, 0.2) is 0 Å². The van der Waals surface area contributed by atoms with E-state index in [9.17, 15) is 9.59 Å². The van der Waals surface area contributed by atoms with Crippen LogP contribution in [0.15, 0.2) is 16.7 Å². The molecule has 0 N–H and O–H groups in total. The Morgan fingerprint density at radius 2 is 1.68 bits per heavy atom. The summed E-state index contributed by atoms with van der Waals surface area (Å²) in [4.78, 5) is 23.1. The molecule has 19 heavy (non-hydrogen) atoms. The molecule has 3 heterocycles. The van der Waals surface area contributed by atoms with E-state index in [1.807, 2.05) is 0 Å². The molecule has 0 bridgehead atoms. The van der Waals surface area contributed by atoms with Gasteiger partial charge in [0.05, 0.1) is 18.8 Å². The molecule has 0 radical (unpaired) electrons. The summed E-state index contributed by atoms with van der Waals surface area (Å²) in [5.41, 5.74) is 0.176. The zero-order chi connectivity index (χ0) is 13.2. The van der Waals surface area contributed by atoms with E-state index >= 15 is 0 Å². The lowest BCUT2D eigenvalue weighted by Crippen LogP contribution is -2.10. The Labute approximate surface area is 108 Å². The van der Waals surface area contributed by atoms with Crippen LogP contribution < -0.4 is 0 Å². The summed E-state index contributed by atoms with van der Waals surface area (Å²) in [6.45, 7) is 1.62. The number of furan rings is 1. The monoisotopic (exact) mass is 268 g/mol. The Bertz CT molecular complexity index is 442. The number of rotatable bonds is 6. The first kappa shape index (κ1) is 12.2. The normalized spacial score (nSPS) is 23.8. The second-order valence-corrected chi connectivity index (χ2v) is 4.31. The van der Waals surface area contributed by atoms with Crippen molar-refractivity contribution in [1.82, 2.24) is 0 Å². The van der Waals surface area contributed by atoms with Crippen molar-refractivity contribution in [3.63, 3.8) is 0 Å². The molecule has 2 aliphatic rings. The maximum atomic E-state index is 11.6. The molecule has 0 aromatic carbocycles. The zero-order valence-electron chi connectivity index (χ0n) is 10.00. The van der Waals surface area contributed by atoms with Crippen LogP contribution in [0.25, 0.3) is 0 Å². The van der Waals surface area contributed by atoms with Crippen LogP contribution in [-0.4, -0.2) is 50.6 Å². The highest BCUT2D eigenvalue weighted by Crippen LogP contribution is 2.15. The van der Waals surface area contributed by atoms with Crippen LogP contribution >= 0.6 is 0 Å². The largest absolute Gasteiger partial charge is 0.459 e. The number of carbonyl (C=O) groups is 2. The van der Waals surface area contributed by atoms with Gasteiger partial charge in [0.25, 0.3) is 0 Å². The summed E-state index contributed by atoms with van der Waals surface area (Å²) in [5.74, 6) is -1.21. The molecule has 7 nitrogen and oxygen atoms in total. The third kappa shape index (κ3) is 3.33. The first-order valence-corrected chi connectivity index (χ1v) is 5.88. The highest BCUT2D eigenvalue weighted by atomic mass is 16.6. The van der Waals surface area contributed by atoms with E-state index < -0.39 is 11.9 Å². The summed E-state index contributed by atoms with van der Waals surface area (Å²) in [6.07, 6.45) is 1.15. The van der Waals surface area contributed by atoms with Crippen LogP contribution in [0.1, 0.15) is 20.9 Å². The molecule has 2 fully saturated rings. The van der Waals surface area contributed by atoms with E-state index in [0.29, 0.717) is 13.2 Å². The Morgan fingerprint density at radius 1 is 1.11 bits per heavy atom. The van der Waals surface area contributed by atoms with E-state index in [4.69, 9.17) is 23.4 Å². The molecule has 1 aromatic rings. The minimum Gasteiger partial charge on any atom is -0.459 e. The SMILES string of the molecule is O=C(OCC1CO1)c1coc(C(=O)OCC2CO2)c1. The predicted octanol–water partition coefficient (Wildman–Crippen LogP) is 0.391. The lowest BCUT2D eigenvalue weighted by molar-refractivity contribution is 0.0439. The minimum absolute atomic E-state index is 0.00108. The van der Waals surface area contributed by atoms with E-state index in [-0.39, 0.29) is 36.7 Å². The standard InChI is InChI=1S/C12H12O7/c13-11(18-5-8-3-15-8)7-1-10(17-2-7)12(14)19-6-9-4-16-9/h1-2,8-9H,3-6H2. The van der Waals surface area contributed by atoms with Crippen molar-refractivity contribution < 1.29 is 33.0 Å². The van der Waals surface area contributed by atoms with Crippen LogP contribution in [0.2, 0.25) is 0 Å². The molecular formula is C12H12O7. The van der Waals surface area contributed by atoms with Gasteiger partial charge in [0.1, 0.15) is 31.7 Å². The van der Waals surface area contributed by atoms with Crippen molar-refractivity contribution in [3.05, 3.63) is 23.7 Å². The lowest BCUT2D eigenvalue weighted by atomic mass is 10.3. The average Bonchev–Trinajstić information content (AvgIpc) is 3.32. The van der Waals surface area contributed by atoms with Crippen molar-refractivity contribution in [3.8, 4) is 0 Å². The molecule has 3 rings (SSSR count). The molecule has 2 aliphatic heterocycles. The molecule has 0 spiro atoms. The van der Waals surface area contributed by atoms with Gasteiger partial charge in [-0.3, -0.25) is 0 Å². The third-order valence-corrected chi connectivity index (χ3v) is 2.64. The highest BCUT2D eigenvalue weighted by Gasteiger charge is 2.27. The van der Waals surface area contributed by atoms with Crippen molar-refractivity contribution in [1.29, 1.82) is 0 Å². The molecule has 0 aliphatic carbocycles. The summed E-state index contributed by atoms with van der Waals surface area (Å²) in [7, 11) is 0. The summed E-state index contributed by atoms with van der Waals surface area (Å²) in [5, 5.41) is 0. The Morgan fingerprint density at radius 3 is 2.26 bits per heavy atom. The topological polar surface area (TPSA) is 90.8 Å². The van der Waals surface area contributed by atoms with Gasteiger partial charge in [-0.05, 0) is 0 Å². The minimum atomic E-state index is -0.625. The van der Waals surface area contributed by atoms with Crippen molar-refractivity contribution in [2.24, 2.45) is 0 Å². The second-order valence-electron chi connectivity index (χ2n) is 4.31. The number of carbonyl (C=O) groups excluding carboxylic acids is 2. The molecule has 102 valence electrons. The van der Waals surface area contributed by atoms with Gasteiger partial charge in [-0.15, -0.1) is 0 Å². The van der Waals surface area contributed by atoms with Crippen LogP contribution in [0.5, 0.6) is 0 Å². The number of hydrogen-bond acceptors (Lipinski definition) is 7. The lowest BCUT2D eigenvalue weighted by Gasteiger charge is -1.99. The van der Waals surface area contributed by atoms with Gasteiger partial charge in [-0.2, -0.15) is 0 Å². The maximum absolute atomic E-state index is 11.6. The molecule has 0 amide bonds. The number of ether oxygens (including phenoxy) is 4. The number of esters is 2. The van der Waals surface area contributed by atoms with Crippen molar-refractivity contribution in [2.75, 3.05) is 26.4 Å². The quantitative estimate of drug-likeness (QED) is 0.544. The zero-order valence-corrected chi connectivity index (χ0v) is 10.00. The second kappa shape index (κ2) is 5.02. The fraction of sp³-hybridized carbons (Fsp3) is 0.500. The average molecular weight is 268 g/mol. The van der Waals surface area contributed by atoms with Crippen molar-refractivity contribution >= 4 is 11.9 Å². The molecule has 2 atom stereocenters. The molecule has 1 aromatic heterocycles. The fourth-order valence-electron chi connectivity index (χ4n) is 1.37. The van der Waals surface area contributed by atoms with E-state index in [1.165, 1.54) is 12.3 Å². The van der Waals surface area contributed by atoms with E-state index in [2.05, 4.69) is 0 Å². The van der Waals surface area contributed by atoms with Gasteiger partial charge in [-0.1, -0.05) is 0 Å². The van der Waals surface area contributed by atoms with Crippen molar-refractivity contribution in [2.45, 2.75) is 12.2 Å². The summed E-state index contributed by atoms with van der Waals surface area (Å²) in [6, 6.07) is 1.30. The third-order valence-electron chi connectivity index (χ3n) is 2.64. The summed E-state index contributed by atoms with van der Waals surface area (Å²) >= 11 is 0. The van der Waals surface area contributed by atoms with Gasteiger partial charge < -0.3 is 23.4 Å². The first-order valence-electron chi connectivity index (χ1n) is 5.88. The molecule has 2 unspecified atom stereocenters. The fourth-order valence-corrected chi connectivity index (χ4v) is 1.37. The highest BCUT2D eigenvalue weighted by molar-refractivity contribution is 5.93. The number of epoxide rings is 2. The Balaban J connectivity index is 1.51. The van der Waals surface area contributed by atoms with Crippen LogP contribution in [0, 0.1) is 0 Å². The molecule has 7 heteroatoms. The van der Waals surface area contributed by atoms with E-state index in [0.717, 1.165) is 0 Å². The van der Waals surface area contributed by atoms with Crippen LogP contribution in [-0.2, 0) is 18.9 Å². The Hall–Kier alpha value is -1.86. The maximum Gasteiger partial charge on any atom is 0.374 e. The molecule has 0 saturated carbocycles. The molecular weight excluding hydrogens is 256 g/mol. The van der Waals surface area contributed by atoms with Gasteiger partial charge >= 0.3 is 11.9 Å². The van der Waals surface area contributed by atoms with Gasteiger partial charge in [-0.25, -0.2) is 9.59 Å². The van der Waals surface area contributed by atoms with Gasteiger partial charge in [0, 0.05) is 6.07 Å². The summed E-state index contributed by atoms with van der Waals surface area (Å²) < 4.78 is 24.7. The first-order chi connectivity index (χ1) is 9.22. The number of hydrogen-bond donors (Lipinski definition) is 0. The van der Waals surface area contributed by atoms with Crippen LogP contribution in [0.4, 0.5) is 0 Å².